The molecule has 0 aromatic carbocycles. The molecule has 0 aromatic heterocycles. The van der Waals surface area contributed by atoms with E-state index < -0.39 is 34.5 Å². The van der Waals surface area contributed by atoms with Gasteiger partial charge in [0, 0.05) is 6.42 Å². The Hall–Kier alpha value is 0.150. The Kier molecular flexibility index (Phi) is 6.41. The Morgan fingerprint density at radius 2 is 1.76 bits per heavy atom. The number of phosphoric ester groups is 1. The molecule has 0 aromatic rings. The van der Waals surface area contributed by atoms with Crippen molar-refractivity contribution in [2.45, 2.75) is 25.4 Å². The van der Waals surface area contributed by atoms with Gasteiger partial charge < -0.3 is 19.8 Å². The van der Waals surface area contributed by atoms with Crippen molar-refractivity contribution in [2.24, 2.45) is 0 Å². The zero-order chi connectivity index (χ0) is 13.7. The van der Waals surface area contributed by atoms with Gasteiger partial charge in [-0.3, -0.25) is 8.91 Å². The van der Waals surface area contributed by atoms with Crippen molar-refractivity contribution in [1.29, 1.82) is 0 Å². The molecule has 4 N–H and O–H groups in total. The molecule has 0 fully saturated rings. The van der Waals surface area contributed by atoms with Crippen molar-refractivity contribution >= 4 is 15.6 Å². The highest BCUT2D eigenvalue weighted by Gasteiger charge is 2.33. The summed E-state index contributed by atoms with van der Waals surface area (Å²) in [5, 5.41) is 9.46. The summed E-state index contributed by atoms with van der Waals surface area (Å²) in [6, 6.07) is 0. The lowest BCUT2D eigenvalue weighted by atomic mass is 10.00. The molecule has 2 atom stereocenters. The molecule has 0 amide bonds. The van der Waals surface area contributed by atoms with Gasteiger partial charge in [0.05, 0.1) is 18.9 Å². The molecule has 0 spiro atoms. The summed E-state index contributed by atoms with van der Waals surface area (Å²) in [6.07, 6.45) is -0.378. The molecule has 17 heavy (non-hydrogen) atoms. The van der Waals surface area contributed by atoms with Crippen LogP contribution in [0.15, 0.2) is 0 Å². The average Bonchev–Trinajstić information content (AvgIpc) is 1.96. The molecule has 104 valence electrons. The molecule has 8 nitrogen and oxygen atoms in total. The maximum atomic E-state index is 11.9. The second-order valence-electron chi connectivity index (χ2n) is 3.56. The van der Waals surface area contributed by atoms with Crippen LogP contribution in [-0.4, -0.2) is 38.7 Å². The molecular weight excluding hydrogens is 281 g/mol. The van der Waals surface area contributed by atoms with Gasteiger partial charge in [-0.15, -0.1) is 0 Å². The normalized spacial score (nSPS) is 19.6. The van der Waals surface area contributed by atoms with Crippen molar-refractivity contribution in [1.82, 2.24) is 0 Å². The molecule has 2 unspecified atom stereocenters. The van der Waals surface area contributed by atoms with Crippen LogP contribution in [0.2, 0.25) is 0 Å². The van der Waals surface area contributed by atoms with Crippen LogP contribution in [0.25, 0.3) is 0 Å². The van der Waals surface area contributed by atoms with Crippen LogP contribution in [0, 0.1) is 0 Å². The highest BCUT2D eigenvalue weighted by Crippen LogP contribution is 2.57. The summed E-state index contributed by atoms with van der Waals surface area (Å²) in [7, 11) is -10.0. The third-order valence-corrected chi connectivity index (χ3v) is 3.92. The van der Waals surface area contributed by atoms with Crippen molar-refractivity contribution in [3.8, 4) is 0 Å². The van der Waals surface area contributed by atoms with Crippen LogP contribution in [0.5, 0.6) is 0 Å². The molecule has 0 saturated heterocycles. The summed E-state index contributed by atoms with van der Waals surface area (Å²) in [5.74, 6) is 0. The van der Waals surface area contributed by atoms with Gasteiger partial charge >= 0.3 is 15.6 Å². The summed E-state index contributed by atoms with van der Waals surface area (Å²) in [4.78, 5) is 25.4. The monoisotopic (exact) mass is 296 g/mol. The molecule has 0 heterocycles. The zero-order valence-electron chi connectivity index (χ0n) is 9.02. The lowest BCUT2D eigenvalue weighted by Gasteiger charge is -2.22. The predicted octanol–water partition coefficient (Wildman–Crippen LogP) is 0.713. The van der Waals surface area contributed by atoms with Crippen LogP contribution in [0.3, 0.4) is 0 Å². The molecular formula is C6H15FO8P2. The largest absolute Gasteiger partial charge is 0.481 e. The van der Waals surface area contributed by atoms with Gasteiger partial charge in [-0.2, -0.15) is 4.31 Å². The van der Waals surface area contributed by atoms with E-state index in [4.69, 9.17) is 14.7 Å². The maximum absolute atomic E-state index is 11.9. The molecule has 0 aliphatic rings. The fraction of sp³-hybridized carbons (Fsp3) is 1.00. The van der Waals surface area contributed by atoms with Crippen molar-refractivity contribution in [3.05, 3.63) is 0 Å². The van der Waals surface area contributed by atoms with Gasteiger partial charge in [-0.25, -0.2) is 9.13 Å². The van der Waals surface area contributed by atoms with Crippen molar-refractivity contribution < 1.29 is 42.1 Å². The number of aliphatic hydroxyl groups is 1. The Balaban J connectivity index is 4.12. The fourth-order valence-electron chi connectivity index (χ4n) is 0.867. The highest BCUT2D eigenvalue weighted by atomic mass is 31.3. The number of halogens is 1. The SMILES string of the molecule is CC(O)(CCF)CCOP(=O)(O)OP(=O)(O)O. The van der Waals surface area contributed by atoms with Crippen molar-refractivity contribution in [3.63, 3.8) is 0 Å². The number of rotatable bonds is 8. The van der Waals surface area contributed by atoms with E-state index in [1.165, 1.54) is 6.92 Å². The Morgan fingerprint density at radius 3 is 2.18 bits per heavy atom. The lowest BCUT2D eigenvalue weighted by molar-refractivity contribution is 0.0199. The van der Waals surface area contributed by atoms with Crippen molar-refractivity contribution in [2.75, 3.05) is 13.3 Å². The lowest BCUT2D eigenvalue weighted by Crippen LogP contribution is -2.26. The maximum Gasteiger partial charge on any atom is 0.481 e. The van der Waals surface area contributed by atoms with E-state index in [-0.39, 0.29) is 12.8 Å². The number of alkyl halides is 1. The zero-order valence-corrected chi connectivity index (χ0v) is 10.8. The van der Waals surface area contributed by atoms with Gasteiger partial charge in [-0.05, 0) is 13.3 Å². The van der Waals surface area contributed by atoms with Gasteiger partial charge in [0.25, 0.3) is 0 Å². The van der Waals surface area contributed by atoms with E-state index in [9.17, 15) is 18.6 Å². The van der Waals surface area contributed by atoms with E-state index in [1.807, 2.05) is 0 Å². The first-order chi connectivity index (χ1) is 7.47. The molecule has 0 radical (unpaired) electrons. The van der Waals surface area contributed by atoms with Crippen LogP contribution in [0.4, 0.5) is 4.39 Å². The minimum atomic E-state index is -5.14. The Labute approximate surface area is 97.2 Å². The molecule has 0 aliphatic heterocycles. The van der Waals surface area contributed by atoms with E-state index >= 15 is 0 Å². The third-order valence-electron chi connectivity index (χ3n) is 1.74. The predicted molar refractivity (Wildman–Crippen MR) is 54.7 cm³/mol. The molecule has 0 aliphatic carbocycles. The third kappa shape index (κ3) is 9.82. The standard InChI is InChI=1S/C6H15FO8P2/c1-6(8,2-4-7)3-5-14-17(12,13)15-16(9,10)11/h8H,2-5H2,1H3,(H,12,13)(H2,9,10,11). The molecule has 11 heteroatoms. The first-order valence-electron chi connectivity index (χ1n) is 4.50. The number of hydrogen-bond donors (Lipinski definition) is 4. The van der Waals surface area contributed by atoms with Gasteiger partial charge in [0.2, 0.25) is 0 Å². The highest BCUT2D eigenvalue weighted by molar-refractivity contribution is 7.60. The van der Waals surface area contributed by atoms with Crippen LogP contribution in [0.1, 0.15) is 19.8 Å². The van der Waals surface area contributed by atoms with Gasteiger partial charge in [0.15, 0.2) is 0 Å². The van der Waals surface area contributed by atoms with Gasteiger partial charge in [0.1, 0.15) is 0 Å². The second-order valence-corrected chi connectivity index (χ2v) is 6.39. The van der Waals surface area contributed by atoms with Crippen LogP contribution < -0.4 is 0 Å². The van der Waals surface area contributed by atoms with Gasteiger partial charge in [-0.1, -0.05) is 0 Å². The average molecular weight is 296 g/mol. The molecule has 0 rings (SSSR count). The van der Waals surface area contributed by atoms with E-state index in [0.717, 1.165) is 0 Å². The number of phosphoric acid groups is 2. The minimum Gasteiger partial charge on any atom is -0.390 e. The van der Waals surface area contributed by atoms with Crippen LogP contribution >= 0.6 is 15.6 Å². The summed E-state index contributed by atoms with van der Waals surface area (Å²) in [6.45, 7) is 0.00558. The minimum absolute atomic E-state index is 0.189. The summed E-state index contributed by atoms with van der Waals surface area (Å²) < 4.78 is 40.8. The number of hydrogen-bond acceptors (Lipinski definition) is 5. The quantitative estimate of drug-likeness (QED) is 0.481. The van der Waals surface area contributed by atoms with Crippen LogP contribution in [-0.2, 0) is 18.0 Å². The van der Waals surface area contributed by atoms with E-state index in [2.05, 4.69) is 8.83 Å². The molecule has 0 bridgehead atoms. The summed E-state index contributed by atoms with van der Waals surface area (Å²) >= 11 is 0. The Bertz CT molecular complexity index is 326. The first-order valence-corrected chi connectivity index (χ1v) is 7.53. The smallest absolute Gasteiger partial charge is 0.390 e. The summed E-state index contributed by atoms with van der Waals surface area (Å²) in [5.41, 5.74) is -1.43. The first kappa shape index (κ1) is 17.2. The van der Waals surface area contributed by atoms with E-state index in [0.29, 0.717) is 0 Å². The second kappa shape index (κ2) is 6.36. The fourth-order valence-corrected chi connectivity index (χ4v) is 2.45. The van der Waals surface area contributed by atoms with E-state index in [1.54, 1.807) is 0 Å². The topological polar surface area (TPSA) is 134 Å². The Morgan fingerprint density at radius 1 is 1.24 bits per heavy atom. The molecule has 0 saturated carbocycles.